The Morgan fingerprint density at radius 2 is 2.08 bits per heavy atom. The van der Waals surface area contributed by atoms with Crippen LogP contribution in [0.3, 0.4) is 0 Å². The second-order valence-corrected chi connectivity index (χ2v) is 12.2. The molecular formula is C27H26Cl2N6O2S. The molecule has 8 nitrogen and oxygen atoms in total. The second-order valence-electron chi connectivity index (χ2n) is 9.85. The van der Waals surface area contributed by atoms with Gasteiger partial charge in [-0.1, -0.05) is 23.2 Å². The highest BCUT2D eigenvalue weighted by Gasteiger charge is 2.46. The first kappa shape index (κ1) is 26.4. The molecule has 5 rings (SSSR count). The van der Waals surface area contributed by atoms with E-state index in [4.69, 9.17) is 39.1 Å². The van der Waals surface area contributed by atoms with Gasteiger partial charge in [0.05, 0.1) is 27.0 Å². The Hall–Kier alpha value is -3.19. The number of anilines is 2. The molecule has 0 amide bonds. The zero-order valence-electron chi connectivity index (χ0n) is 20.8. The highest BCUT2D eigenvalue weighted by atomic mass is 35.5. The lowest BCUT2D eigenvalue weighted by Crippen LogP contribution is -2.60. The van der Waals surface area contributed by atoms with Crippen LogP contribution < -0.4 is 15.4 Å². The van der Waals surface area contributed by atoms with Crippen molar-refractivity contribution in [3.63, 3.8) is 0 Å². The molecule has 3 aromatic rings. The van der Waals surface area contributed by atoms with E-state index in [-0.39, 0.29) is 17.7 Å². The lowest BCUT2D eigenvalue weighted by atomic mass is 9.77. The molecule has 2 fully saturated rings. The van der Waals surface area contributed by atoms with E-state index in [0.29, 0.717) is 61.0 Å². The fourth-order valence-corrected chi connectivity index (χ4v) is 7.15. The van der Waals surface area contributed by atoms with Gasteiger partial charge in [0.25, 0.3) is 0 Å². The van der Waals surface area contributed by atoms with E-state index in [2.05, 4.69) is 20.9 Å². The second kappa shape index (κ2) is 10.5. The minimum atomic E-state index is -0.767. The van der Waals surface area contributed by atoms with Gasteiger partial charge in [0.1, 0.15) is 24.2 Å². The largest absolute Gasteiger partial charge is 0.489 e. The van der Waals surface area contributed by atoms with E-state index in [9.17, 15) is 9.47 Å². The molecule has 4 heterocycles. The number of halogens is 2. The van der Waals surface area contributed by atoms with Crippen LogP contribution in [0.4, 0.5) is 11.5 Å². The number of nitrogens with one attached hydrogen (secondary N) is 1. The fraction of sp³-hybridized carbons (Fsp3) is 0.333. The number of nitrogens with two attached hydrogens (primary N) is 1. The third-order valence-electron chi connectivity index (χ3n) is 7.09. The van der Waals surface area contributed by atoms with Crippen LogP contribution in [0.5, 0.6) is 5.75 Å². The summed E-state index contributed by atoms with van der Waals surface area (Å²) in [4.78, 5) is 10.7. The average Bonchev–Trinajstić information content (AvgIpc) is 2.89. The quantitative estimate of drug-likeness (QED) is 0.320. The number of benzene rings is 1. The lowest BCUT2D eigenvalue weighted by molar-refractivity contribution is 0.219. The summed E-state index contributed by atoms with van der Waals surface area (Å²) < 4.78 is 18.0. The smallest absolute Gasteiger partial charge is 0.146 e. The van der Waals surface area contributed by atoms with Crippen molar-refractivity contribution in [2.45, 2.75) is 26.4 Å². The fourth-order valence-electron chi connectivity index (χ4n) is 5.08. The molecule has 196 valence electrons. The normalized spacial score (nSPS) is 18.1. The van der Waals surface area contributed by atoms with Gasteiger partial charge < -0.3 is 15.4 Å². The third-order valence-corrected chi connectivity index (χ3v) is 9.60. The van der Waals surface area contributed by atoms with Crippen LogP contribution in [-0.4, -0.2) is 44.5 Å². The Balaban J connectivity index is 1.33. The molecule has 3 N–H and O–H groups in total. The van der Waals surface area contributed by atoms with Crippen molar-refractivity contribution in [1.82, 2.24) is 9.97 Å². The van der Waals surface area contributed by atoms with Crippen molar-refractivity contribution in [3.8, 4) is 11.8 Å². The summed E-state index contributed by atoms with van der Waals surface area (Å²) in [7, 11) is -0.767. The molecule has 1 spiro atoms. The first-order chi connectivity index (χ1) is 18.2. The van der Waals surface area contributed by atoms with Crippen molar-refractivity contribution in [3.05, 3.63) is 74.7 Å². The SMILES string of the molecule is Cc1ncc(Cl)c(COc2ccc(N)c(C(=N)c3cnc(N4CC5(CCCS(=O)C5)C4)c(C#N)c3)c2)c1Cl. The van der Waals surface area contributed by atoms with Crippen LogP contribution in [0.15, 0.2) is 36.7 Å². The zero-order valence-corrected chi connectivity index (χ0v) is 23.1. The summed E-state index contributed by atoms with van der Waals surface area (Å²) in [6.07, 6.45) is 5.15. The molecule has 0 radical (unpaired) electrons. The average molecular weight is 570 g/mol. The number of ether oxygens (including phenoxy) is 1. The summed E-state index contributed by atoms with van der Waals surface area (Å²) >= 11 is 12.6. The predicted molar refractivity (Wildman–Crippen MR) is 151 cm³/mol. The van der Waals surface area contributed by atoms with Crippen LogP contribution in [0, 0.1) is 29.1 Å². The minimum absolute atomic E-state index is 0.0567. The highest BCUT2D eigenvalue weighted by Crippen LogP contribution is 2.41. The third kappa shape index (κ3) is 5.08. The van der Waals surface area contributed by atoms with Gasteiger partial charge in [0.2, 0.25) is 0 Å². The number of aromatic nitrogens is 2. The number of hydrogen-bond donors (Lipinski definition) is 2. The van der Waals surface area contributed by atoms with Crippen LogP contribution in [0.1, 0.15) is 40.8 Å². The first-order valence-corrected chi connectivity index (χ1v) is 14.4. The number of hydrogen-bond acceptors (Lipinski definition) is 8. The summed E-state index contributed by atoms with van der Waals surface area (Å²) in [5, 5.41) is 19.5. The molecule has 0 bridgehead atoms. The monoisotopic (exact) mass is 568 g/mol. The molecule has 1 aromatic carbocycles. The van der Waals surface area contributed by atoms with Crippen LogP contribution in [-0.2, 0) is 17.4 Å². The number of rotatable bonds is 6. The van der Waals surface area contributed by atoms with Gasteiger partial charge in [-0.25, -0.2) is 4.98 Å². The van der Waals surface area contributed by atoms with Gasteiger partial charge in [-0.3, -0.25) is 14.6 Å². The molecule has 0 aliphatic carbocycles. The van der Waals surface area contributed by atoms with E-state index >= 15 is 0 Å². The number of aryl methyl sites for hydroxylation is 1. The first-order valence-electron chi connectivity index (χ1n) is 12.1. The van der Waals surface area contributed by atoms with Gasteiger partial charge in [0, 0.05) is 75.6 Å². The van der Waals surface area contributed by atoms with E-state index in [1.807, 2.05) is 0 Å². The standard InChI is InChI=1S/C27H26Cl2N6O2S/c1-16-24(29)21(22(28)11-33-16)12-37-19-3-4-23(31)20(8-19)25(32)18-7-17(9-30)26(34-10-18)35-13-27(14-35)5-2-6-38(36)15-27/h3-4,7-8,10-11,32H,2,5-6,12-15,31H2,1H3. The van der Waals surface area contributed by atoms with Gasteiger partial charge in [-0.2, -0.15) is 5.26 Å². The zero-order chi connectivity index (χ0) is 27.0. The molecule has 2 saturated heterocycles. The topological polar surface area (TPSA) is 129 Å². The Morgan fingerprint density at radius 3 is 2.82 bits per heavy atom. The molecule has 11 heteroatoms. The number of nitrogens with zero attached hydrogens (tertiary/aromatic N) is 4. The van der Waals surface area contributed by atoms with Gasteiger partial charge in [-0.05, 0) is 44.0 Å². The Labute approximate surface area is 233 Å². The van der Waals surface area contributed by atoms with Crippen molar-refractivity contribution in [2.24, 2.45) is 5.41 Å². The molecule has 2 aliphatic heterocycles. The molecule has 2 aliphatic rings. The Morgan fingerprint density at radius 1 is 1.29 bits per heavy atom. The van der Waals surface area contributed by atoms with Gasteiger partial charge >= 0.3 is 0 Å². The van der Waals surface area contributed by atoms with E-state index < -0.39 is 10.8 Å². The number of pyridine rings is 2. The number of nitriles is 1. The molecule has 2 aromatic heterocycles. The maximum atomic E-state index is 12.1. The van der Waals surface area contributed by atoms with E-state index in [1.54, 1.807) is 37.4 Å². The van der Waals surface area contributed by atoms with Crippen LogP contribution in [0.25, 0.3) is 0 Å². The molecule has 38 heavy (non-hydrogen) atoms. The van der Waals surface area contributed by atoms with Crippen LogP contribution in [0.2, 0.25) is 10.0 Å². The molecule has 1 unspecified atom stereocenters. The van der Waals surface area contributed by atoms with Crippen molar-refractivity contribution in [2.75, 3.05) is 35.2 Å². The Kier molecular flexibility index (Phi) is 7.32. The summed E-state index contributed by atoms with van der Waals surface area (Å²) in [6.45, 7) is 3.40. The number of nitrogen functional groups attached to an aromatic ring is 1. The summed E-state index contributed by atoms with van der Waals surface area (Å²) in [5.41, 5.74) is 9.39. The van der Waals surface area contributed by atoms with E-state index in [0.717, 1.165) is 31.7 Å². The maximum Gasteiger partial charge on any atom is 0.146 e. The Bertz CT molecular complexity index is 1500. The highest BCUT2D eigenvalue weighted by molar-refractivity contribution is 7.85. The van der Waals surface area contributed by atoms with Gasteiger partial charge in [0.15, 0.2) is 0 Å². The molecule has 1 atom stereocenters. The predicted octanol–water partition coefficient (Wildman–Crippen LogP) is 4.89. The van der Waals surface area contributed by atoms with E-state index in [1.165, 1.54) is 6.20 Å². The van der Waals surface area contributed by atoms with Gasteiger partial charge in [-0.15, -0.1) is 0 Å². The minimum Gasteiger partial charge on any atom is -0.489 e. The lowest BCUT2D eigenvalue weighted by Gasteiger charge is -2.52. The van der Waals surface area contributed by atoms with Crippen molar-refractivity contribution < 1.29 is 8.95 Å². The molecular weight excluding hydrogens is 543 g/mol. The summed E-state index contributed by atoms with van der Waals surface area (Å²) in [5.74, 6) is 2.57. The summed E-state index contributed by atoms with van der Waals surface area (Å²) in [6, 6.07) is 8.95. The van der Waals surface area contributed by atoms with Crippen molar-refractivity contribution >= 4 is 51.2 Å². The van der Waals surface area contributed by atoms with Crippen LogP contribution >= 0.6 is 23.2 Å². The van der Waals surface area contributed by atoms with Crippen molar-refractivity contribution in [1.29, 1.82) is 10.7 Å². The molecule has 0 saturated carbocycles. The maximum absolute atomic E-state index is 12.1.